The Balaban J connectivity index is 1.80. The van der Waals surface area contributed by atoms with E-state index in [1.54, 1.807) is 72.8 Å². The first kappa shape index (κ1) is 33.7. The maximum atomic E-state index is 14.5. The minimum absolute atomic E-state index is 0.0704. The summed E-state index contributed by atoms with van der Waals surface area (Å²) in [5, 5.41) is 3.59. The standard InChI is InChI=1S/C36H40ClN3O4S/c1-5-28(4)38-36(42)34(23-29-9-7-6-8-10-29)39(24-30-15-17-31(37)18-16-30)35(41)25-40(32-19-11-26(2)12-20-32)45(43,44)33-21-13-27(3)14-22-33/h6-22,28,34H,5,23-25H2,1-4H3,(H,38,42)/t28-,34-/m0/s1. The third-order valence-corrected chi connectivity index (χ3v) is 9.79. The van der Waals surface area contributed by atoms with Gasteiger partial charge in [0.15, 0.2) is 0 Å². The SMILES string of the molecule is CC[C@H](C)NC(=O)[C@H](Cc1ccccc1)N(Cc1ccc(Cl)cc1)C(=O)CN(c1ccc(C)cc1)S(=O)(=O)c1ccc(C)cc1. The van der Waals surface area contributed by atoms with E-state index in [0.29, 0.717) is 17.1 Å². The number of hydrogen-bond acceptors (Lipinski definition) is 4. The van der Waals surface area contributed by atoms with Crippen LogP contribution in [0.5, 0.6) is 0 Å². The van der Waals surface area contributed by atoms with Gasteiger partial charge >= 0.3 is 0 Å². The van der Waals surface area contributed by atoms with E-state index >= 15 is 0 Å². The predicted molar refractivity (Wildman–Crippen MR) is 181 cm³/mol. The van der Waals surface area contributed by atoms with Gasteiger partial charge < -0.3 is 10.2 Å². The first-order chi connectivity index (χ1) is 21.5. The molecule has 0 aliphatic carbocycles. The summed E-state index contributed by atoms with van der Waals surface area (Å²) >= 11 is 6.15. The topological polar surface area (TPSA) is 86.8 Å². The zero-order valence-corrected chi connectivity index (χ0v) is 27.7. The predicted octanol–water partition coefficient (Wildman–Crippen LogP) is 6.71. The summed E-state index contributed by atoms with van der Waals surface area (Å²) in [6.07, 6.45) is 0.961. The Hall–Kier alpha value is -4.14. The molecular weight excluding hydrogens is 606 g/mol. The summed E-state index contributed by atoms with van der Waals surface area (Å²) in [4.78, 5) is 30.0. The maximum Gasteiger partial charge on any atom is 0.264 e. The highest BCUT2D eigenvalue weighted by Crippen LogP contribution is 2.26. The van der Waals surface area contributed by atoms with Gasteiger partial charge in [0.2, 0.25) is 11.8 Å². The van der Waals surface area contributed by atoms with Crippen LogP contribution >= 0.6 is 11.6 Å². The first-order valence-corrected chi connectivity index (χ1v) is 16.8. The minimum atomic E-state index is -4.15. The number of aryl methyl sites for hydroxylation is 2. The van der Waals surface area contributed by atoms with Crippen LogP contribution in [-0.4, -0.2) is 43.8 Å². The molecule has 0 saturated heterocycles. The summed E-state index contributed by atoms with van der Waals surface area (Å²) in [5.74, 6) is -0.819. The van der Waals surface area contributed by atoms with Gasteiger partial charge in [-0.1, -0.05) is 96.4 Å². The number of benzene rings is 4. The molecule has 0 aliphatic rings. The maximum absolute atomic E-state index is 14.5. The van der Waals surface area contributed by atoms with E-state index in [2.05, 4.69) is 5.32 Å². The van der Waals surface area contributed by atoms with Crippen molar-refractivity contribution in [2.45, 2.75) is 64.1 Å². The zero-order valence-electron chi connectivity index (χ0n) is 26.1. The number of carbonyl (C=O) groups excluding carboxylic acids is 2. The van der Waals surface area contributed by atoms with Crippen LogP contribution in [0.3, 0.4) is 0 Å². The fraction of sp³-hybridized carbons (Fsp3) is 0.278. The van der Waals surface area contributed by atoms with Gasteiger partial charge in [0, 0.05) is 24.0 Å². The van der Waals surface area contributed by atoms with Gasteiger partial charge in [-0.2, -0.15) is 0 Å². The molecule has 0 aromatic heterocycles. The molecule has 45 heavy (non-hydrogen) atoms. The Morgan fingerprint density at radius 2 is 1.38 bits per heavy atom. The fourth-order valence-electron chi connectivity index (χ4n) is 4.86. The number of hydrogen-bond donors (Lipinski definition) is 1. The molecule has 0 radical (unpaired) electrons. The van der Waals surface area contributed by atoms with E-state index in [4.69, 9.17) is 11.6 Å². The number of nitrogens with one attached hydrogen (secondary N) is 1. The molecule has 4 aromatic carbocycles. The van der Waals surface area contributed by atoms with E-state index in [9.17, 15) is 18.0 Å². The lowest BCUT2D eigenvalue weighted by atomic mass is 10.0. The quantitative estimate of drug-likeness (QED) is 0.175. The summed E-state index contributed by atoms with van der Waals surface area (Å²) in [6, 6.07) is 29.0. The van der Waals surface area contributed by atoms with Crippen LogP contribution in [0.25, 0.3) is 0 Å². The van der Waals surface area contributed by atoms with Gasteiger partial charge in [0.25, 0.3) is 10.0 Å². The molecule has 236 valence electrons. The normalized spacial score (nSPS) is 12.6. The molecule has 2 amide bonds. The van der Waals surface area contributed by atoms with Crippen LogP contribution in [0.2, 0.25) is 5.02 Å². The molecule has 7 nitrogen and oxygen atoms in total. The molecule has 0 unspecified atom stereocenters. The summed E-state index contributed by atoms with van der Waals surface area (Å²) < 4.78 is 29.4. The average molecular weight is 646 g/mol. The molecule has 0 spiro atoms. The Kier molecular flexibility index (Phi) is 11.4. The van der Waals surface area contributed by atoms with Crippen molar-refractivity contribution >= 4 is 39.1 Å². The van der Waals surface area contributed by atoms with Gasteiger partial charge in [-0.15, -0.1) is 0 Å². The van der Waals surface area contributed by atoms with E-state index in [0.717, 1.165) is 26.6 Å². The number of nitrogens with zero attached hydrogens (tertiary/aromatic N) is 2. The third-order valence-electron chi connectivity index (χ3n) is 7.75. The highest BCUT2D eigenvalue weighted by molar-refractivity contribution is 7.92. The second kappa shape index (κ2) is 15.2. The molecule has 1 N–H and O–H groups in total. The van der Waals surface area contributed by atoms with Crippen LogP contribution in [-0.2, 0) is 32.6 Å². The number of halogens is 1. The molecular formula is C36H40ClN3O4S. The van der Waals surface area contributed by atoms with Crippen molar-refractivity contribution in [3.8, 4) is 0 Å². The summed E-state index contributed by atoms with van der Waals surface area (Å²) in [5.41, 5.74) is 3.84. The number of carbonyl (C=O) groups is 2. The van der Waals surface area contributed by atoms with Crippen molar-refractivity contribution < 1.29 is 18.0 Å². The van der Waals surface area contributed by atoms with Crippen molar-refractivity contribution in [3.05, 3.63) is 130 Å². The van der Waals surface area contributed by atoms with Crippen LogP contribution < -0.4 is 9.62 Å². The number of sulfonamides is 1. The van der Waals surface area contributed by atoms with E-state index in [-0.39, 0.29) is 29.8 Å². The Morgan fingerprint density at radius 1 is 0.800 bits per heavy atom. The van der Waals surface area contributed by atoms with Crippen molar-refractivity contribution in [2.24, 2.45) is 0 Å². The molecule has 4 rings (SSSR count). The Bertz CT molecular complexity index is 1680. The van der Waals surface area contributed by atoms with Crippen molar-refractivity contribution in [2.75, 3.05) is 10.8 Å². The molecule has 0 bridgehead atoms. The van der Waals surface area contributed by atoms with E-state index in [1.807, 2.05) is 58.0 Å². The molecule has 9 heteroatoms. The number of amides is 2. The Morgan fingerprint density at radius 3 is 1.96 bits per heavy atom. The monoisotopic (exact) mass is 645 g/mol. The van der Waals surface area contributed by atoms with Crippen molar-refractivity contribution in [1.29, 1.82) is 0 Å². The molecule has 4 aromatic rings. The highest BCUT2D eigenvalue weighted by Gasteiger charge is 2.35. The Labute approximate surface area is 271 Å². The lowest BCUT2D eigenvalue weighted by Crippen LogP contribution is -2.54. The average Bonchev–Trinajstić information content (AvgIpc) is 3.03. The van der Waals surface area contributed by atoms with Crippen LogP contribution in [0, 0.1) is 13.8 Å². The van der Waals surface area contributed by atoms with Gasteiger partial charge in [-0.25, -0.2) is 8.42 Å². The van der Waals surface area contributed by atoms with Gasteiger partial charge in [0.05, 0.1) is 10.6 Å². The third kappa shape index (κ3) is 8.96. The lowest BCUT2D eigenvalue weighted by molar-refractivity contribution is -0.140. The molecule has 0 aliphatic heterocycles. The zero-order chi connectivity index (χ0) is 32.6. The fourth-order valence-corrected chi connectivity index (χ4v) is 6.40. The number of rotatable bonds is 13. The minimum Gasteiger partial charge on any atom is -0.352 e. The molecule has 0 fully saturated rings. The highest BCUT2D eigenvalue weighted by atomic mass is 35.5. The smallest absolute Gasteiger partial charge is 0.264 e. The van der Waals surface area contributed by atoms with Gasteiger partial charge in [-0.3, -0.25) is 13.9 Å². The van der Waals surface area contributed by atoms with E-state index < -0.39 is 28.5 Å². The summed E-state index contributed by atoms with van der Waals surface area (Å²) in [7, 11) is -4.15. The van der Waals surface area contributed by atoms with E-state index in [1.165, 1.54) is 4.90 Å². The number of anilines is 1. The largest absolute Gasteiger partial charge is 0.352 e. The second-order valence-corrected chi connectivity index (χ2v) is 13.6. The van der Waals surface area contributed by atoms with Crippen molar-refractivity contribution in [3.63, 3.8) is 0 Å². The van der Waals surface area contributed by atoms with Crippen molar-refractivity contribution in [1.82, 2.24) is 10.2 Å². The van der Waals surface area contributed by atoms with Crippen LogP contribution in [0.4, 0.5) is 5.69 Å². The molecule has 0 saturated carbocycles. The summed E-state index contributed by atoms with van der Waals surface area (Å²) in [6.45, 7) is 7.25. The molecule has 2 atom stereocenters. The van der Waals surface area contributed by atoms with Gasteiger partial charge in [0.1, 0.15) is 12.6 Å². The lowest BCUT2D eigenvalue weighted by Gasteiger charge is -2.34. The first-order valence-electron chi connectivity index (χ1n) is 15.0. The van der Waals surface area contributed by atoms with Gasteiger partial charge in [-0.05, 0) is 74.7 Å². The van der Waals surface area contributed by atoms with Crippen LogP contribution in [0.1, 0.15) is 42.5 Å². The van der Waals surface area contributed by atoms with Crippen LogP contribution in [0.15, 0.2) is 108 Å². The second-order valence-electron chi connectivity index (χ2n) is 11.3. The molecule has 0 heterocycles.